The lowest BCUT2D eigenvalue weighted by Crippen LogP contribution is -2.05. The topological polar surface area (TPSA) is 57.5 Å². The van der Waals surface area contributed by atoms with Crippen LogP contribution in [-0.4, -0.2) is 16.0 Å². The van der Waals surface area contributed by atoms with Crippen LogP contribution in [0.3, 0.4) is 0 Å². The van der Waals surface area contributed by atoms with Gasteiger partial charge >= 0.3 is 7.60 Å². The van der Waals surface area contributed by atoms with E-state index in [2.05, 4.69) is 0 Å². The number of thioether (sulfide) groups is 1. The van der Waals surface area contributed by atoms with E-state index in [-0.39, 0.29) is 5.30 Å². The Bertz CT molecular complexity index is 320. The molecule has 0 saturated carbocycles. The van der Waals surface area contributed by atoms with Crippen LogP contribution in [-0.2, 0) is 4.57 Å². The maximum absolute atomic E-state index is 10.9. The average molecular weight is 204 g/mol. The van der Waals surface area contributed by atoms with Gasteiger partial charge in [-0.1, -0.05) is 12.1 Å². The van der Waals surface area contributed by atoms with Gasteiger partial charge in [-0.05, 0) is 18.4 Å². The quantitative estimate of drug-likeness (QED) is 0.561. The molecule has 1 rings (SSSR count). The maximum atomic E-state index is 10.9. The van der Waals surface area contributed by atoms with Crippen molar-refractivity contribution < 1.29 is 14.4 Å². The highest BCUT2D eigenvalue weighted by molar-refractivity contribution is 7.99. The molecule has 2 N–H and O–H groups in total. The number of hydrogen-bond acceptors (Lipinski definition) is 2. The van der Waals surface area contributed by atoms with Crippen molar-refractivity contribution in [1.29, 1.82) is 0 Å². The molecule has 0 fully saturated rings. The molecule has 0 heterocycles. The van der Waals surface area contributed by atoms with Crippen LogP contribution in [0.1, 0.15) is 0 Å². The van der Waals surface area contributed by atoms with Crippen molar-refractivity contribution in [2.45, 2.75) is 4.90 Å². The summed E-state index contributed by atoms with van der Waals surface area (Å²) in [7, 11) is -4.09. The van der Waals surface area contributed by atoms with Crippen molar-refractivity contribution in [2.24, 2.45) is 0 Å². The van der Waals surface area contributed by atoms with Crippen LogP contribution in [0.4, 0.5) is 0 Å². The summed E-state index contributed by atoms with van der Waals surface area (Å²) in [6, 6.07) is 6.52. The van der Waals surface area contributed by atoms with E-state index in [1.165, 1.54) is 17.8 Å². The Morgan fingerprint density at radius 2 is 1.92 bits per heavy atom. The third-order valence-corrected chi connectivity index (χ3v) is 3.36. The molecule has 0 aliphatic heterocycles. The standard InChI is InChI=1S/C7H9O3PS/c1-12-7-5-3-2-4-6(7)11(8,9)10/h2-5H,1H3,(H2,8,9,10). The van der Waals surface area contributed by atoms with Crippen molar-refractivity contribution in [2.75, 3.05) is 6.26 Å². The molecule has 66 valence electrons. The van der Waals surface area contributed by atoms with Crippen molar-refractivity contribution >= 4 is 24.7 Å². The average Bonchev–Trinajstić information content (AvgIpc) is 2.03. The number of rotatable bonds is 2. The maximum Gasteiger partial charge on any atom is 0.357 e. The minimum absolute atomic E-state index is 0.109. The molecule has 0 spiro atoms. The van der Waals surface area contributed by atoms with Crippen LogP contribution in [0.5, 0.6) is 0 Å². The fraction of sp³-hybridized carbons (Fsp3) is 0.143. The second kappa shape index (κ2) is 3.62. The van der Waals surface area contributed by atoms with Crippen LogP contribution in [0.2, 0.25) is 0 Å². The molecule has 0 aliphatic rings. The Hall–Kier alpha value is -0.280. The lowest BCUT2D eigenvalue weighted by Gasteiger charge is -2.07. The van der Waals surface area contributed by atoms with Gasteiger partial charge in [0.1, 0.15) is 0 Å². The van der Waals surface area contributed by atoms with Gasteiger partial charge in [-0.15, -0.1) is 11.8 Å². The van der Waals surface area contributed by atoms with Crippen molar-refractivity contribution in [3.8, 4) is 0 Å². The predicted octanol–water partition coefficient (Wildman–Crippen LogP) is 1.21. The summed E-state index contributed by atoms with van der Waals surface area (Å²) < 4.78 is 10.9. The first-order valence-electron chi connectivity index (χ1n) is 3.25. The van der Waals surface area contributed by atoms with Crippen LogP contribution in [0.15, 0.2) is 29.2 Å². The van der Waals surface area contributed by atoms with E-state index < -0.39 is 7.60 Å². The molecule has 0 aromatic heterocycles. The van der Waals surface area contributed by atoms with Gasteiger partial charge in [-0.3, -0.25) is 4.57 Å². The summed E-state index contributed by atoms with van der Waals surface area (Å²) in [5.41, 5.74) is 0. The lowest BCUT2D eigenvalue weighted by molar-refractivity contribution is 0.386. The monoisotopic (exact) mass is 204 g/mol. The molecular formula is C7H9O3PS. The molecule has 0 unspecified atom stereocenters. The third kappa shape index (κ3) is 2.11. The minimum Gasteiger partial charge on any atom is -0.321 e. The second-order valence-electron chi connectivity index (χ2n) is 2.22. The first-order chi connectivity index (χ1) is 5.55. The molecule has 0 saturated heterocycles. The van der Waals surface area contributed by atoms with Gasteiger partial charge in [0.05, 0.1) is 5.30 Å². The fourth-order valence-electron chi connectivity index (χ4n) is 0.870. The SMILES string of the molecule is CSc1ccccc1P(=O)(O)O. The molecule has 0 radical (unpaired) electrons. The highest BCUT2D eigenvalue weighted by atomic mass is 32.2. The van der Waals surface area contributed by atoms with Crippen LogP contribution < -0.4 is 5.30 Å². The summed E-state index contributed by atoms with van der Waals surface area (Å²) in [5, 5.41) is 0.109. The van der Waals surface area contributed by atoms with Gasteiger partial charge < -0.3 is 9.79 Å². The van der Waals surface area contributed by atoms with Crippen LogP contribution in [0, 0.1) is 0 Å². The molecule has 1 aromatic carbocycles. The van der Waals surface area contributed by atoms with Gasteiger partial charge in [0.15, 0.2) is 0 Å². The van der Waals surface area contributed by atoms with E-state index in [4.69, 9.17) is 9.79 Å². The first kappa shape index (κ1) is 9.81. The van der Waals surface area contributed by atoms with Gasteiger partial charge in [0, 0.05) is 4.90 Å². The summed E-state index contributed by atoms with van der Waals surface area (Å²) >= 11 is 1.33. The smallest absolute Gasteiger partial charge is 0.321 e. The Labute approximate surface area is 75.0 Å². The van der Waals surface area contributed by atoms with E-state index in [0.29, 0.717) is 4.90 Å². The van der Waals surface area contributed by atoms with E-state index in [9.17, 15) is 4.57 Å². The van der Waals surface area contributed by atoms with Crippen LogP contribution in [0.25, 0.3) is 0 Å². The summed E-state index contributed by atoms with van der Waals surface area (Å²) in [4.78, 5) is 18.4. The van der Waals surface area contributed by atoms with Crippen molar-refractivity contribution in [3.05, 3.63) is 24.3 Å². The number of benzene rings is 1. The Balaban J connectivity index is 3.23. The van der Waals surface area contributed by atoms with Gasteiger partial charge in [0.2, 0.25) is 0 Å². The molecule has 12 heavy (non-hydrogen) atoms. The Morgan fingerprint density at radius 3 is 2.33 bits per heavy atom. The van der Waals surface area contributed by atoms with Crippen LogP contribution >= 0.6 is 19.4 Å². The van der Waals surface area contributed by atoms with Gasteiger partial charge in [0.25, 0.3) is 0 Å². The normalized spacial score (nSPS) is 11.6. The molecule has 0 atom stereocenters. The molecule has 1 aromatic rings. The molecule has 5 heteroatoms. The summed E-state index contributed by atoms with van der Waals surface area (Å²) in [5.74, 6) is 0. The molecule has 0 bridgehead atoms. The Morgan fingerprint density at radius 1 is 1.33 bits per heavy atom. The zero-order valence-corrected chi connectivity index (χ0v) is 8.18. The highest BCUT2D eigenvalue weighted by Crippen LogP contribution is 2.36. The first-order valence-corrected chi connectivity index (χ1v) is 6.08. The van der Waals surface area contributed by atoms with E-state index >= 15 is 0 Å². The van der Waals surface area contributed by atoms with E-state index in [0.717, 1.165) is 0 Å². The van der Waals surface area contributed by atoms with Gasteiger partial charge in [-0.25, -0.2) is 0 Å². The lowest BCUT2D eigenvalue weighted by atomic mass is 10.4. The molecule has 0 amide bonds. The summed E-state index contributed by atoms with van der Waals surface area (Å²) in [6.45, 7) is 0. The largest absolute Gasteiger partial charge is 0.357 e. The van der Waals surface area contributed by atoms with Crippen molar-refractivity contribution in [1.82, 2.24) is 0 Å². The molecule has 0 aliphatic carbocycles. The van der Waals surface area contributed by atoms with Crippen molar-refractivity contribution in [3.63, 3.8) is 0 Å². The zero-order valence-electron chi connectivity index (χ0n) is 6.47. The zero-order chi connectivity index (χ0) is 9.19. The fourth-order valence-corrected chi connectivity index (χ4v) is 2.63. The van der Waals surface area contributed by atoms with E-state index in [1.54, 1.807) is 24.5 Å². The third-order valence-electron chi connectivity index (χ3n) is 1.40. The molecule has 3 nitrogen and oxygen atoms in total. The second-order valence-corrected chi connectivity index (χ2v) is 4.63. The summed E-state index contributed by atoms with van der Waals surface area (Å²) in [6.07, 6.45) is 1.79. The number of hydrogen-bond donors (Lipinski definition) is 2. The Kier molecular flexibility index (Phi) is 2.96. The highest BCUT2D eigenvalue weighted by Gasteiger charge is 2.19. The minimum atomic E-state index is -4.09. The molecular weight excluding hydrogens is 195 g/mol. The van der Waals surface area contributed by atoms with E-state index in [1.807, 2.05) is 0 Å². The predicted molar refractivity (Wildman–Crippen MR) is 49.9 cm³/mol. The van der Waals surface area contributed by atoms with Gasteiger partial charge in [-0.2, -0.15) is 0 Å².